The Morgan fingerprint density at radius 1 is 1.35 bits per heavy atom. The summed E-state index contributed by atoms with van der Waals surface area (Å²) >= 11 is 0. The molecule has 2 saturated heterocycles. The van der Waals surface area contributed by atoms with Crippen LogP contribution >= 0.6 is 0 Å². The second-order valence-corrected chi connectivity index (χ2v) is 8.15. The molecule has 2 heterocycles. The van der Waals surface area contributed by atoms with Gasteiger partial charge in [0.1, 0.15) is 16.6 Å². The molecule has 0 aromatic heterocycles. The molecular weight excluding hydrogens is 322 g/mol. The van der Waals surface area contributed by atoms with Crippen molar-refractivity contribution in [2.45, 2.75) is 29.9 Å². The molecule has 2 aliphatic heterocycles. The van der Waals surface area contributed by atoms with Crippen molar-refractivity contribution >= 4 is 10.0 Å². The lowest BCUT2D eigenvalue weighted by molar-refractivity contribution is -0.0849. The van der Waals surface area contributed by atoms with Gasteiger partial charge in [-0.3, -0.25) is 0 Å². The molecule has 0 aliphatic carbocycles. The predicted octanol–water partition coefficient (Wildman–Crippen LogP) is -0.278. The molecule has 2 aliphatic rings. The van der Waals surface area contributed by atoms with Crippen molar-refractivity contribution in [3.8, 4) is 5.75 Å². The van der Waals surface area contributed by atoms with Gasteiger partial charge in [-0.05, 0) is 24.1 Å². The SMILES string of the molecule is COc1ccc(CN2C[C@]3(CO)O[C@@H](CO)C[C@@H]3S2(=O)=O)cc1. The maximum Gasteiger partial charge on any atom is 0.220 e. The van der Waals surface area contributed by atoms with Crippen LogP contribution < -0.4 is 4.74 Å². The summed E-state index contributed by atoms with van der Waals surface area (Å²) in [5.41, 5.74) is -0.306. The van der Waals surface area contributed by atoms with Gasteiger partial charge in [0, 0.05) is 13.1 Å². The average molecular weight is 343 g/mol. The number of methoxy groups -OCH3 is 1. The van der Waals surface area contributed by atoms with E-state index in [1.165, 1.54) is 4.31 Å². The molecule has 0 saturated carbocycles. The van der Waals surface area contributed by atoms with E-state index < -0.39 is 27.0 Å². The second-order valence-electron chi connectivity index (χ2n) is 6.03. The molecule has 0 amide bonds. The third-order valence-electron chi connectivity index (χ3n) is 4.62. The van der Waals surface area contributed by atoms with Crippen molar-refractivity contribution < 1.29 is 28.1 Å². The number of aliphatic hydroxyl groups is 2. The summed E-state index contributed by atoms with van der Waals surface area (Å²) in [7, 11) is -2.02. The van der Waals surface area contributed by atoms with Gasteiger partial charge in [-0.15, -0.1) is 0 Å². The maximum absolute atomic E-state index is 12.8. The summed E-state index contributed by atoms with van der Waals surface area (Å²) in [5.74, 6) is 0.704. The Hall–Kier alpha value is -1.19. The Labute approximate surface area is 135 Å². The molecule has 3 rings (SSSR count). The Bertz CT molecular complexity index is 661. The number of nitrogens with zero attached hydrogens (tertiary/aromatic N) is 1. The lowest BCUT2D eigenvalue weighted by atomic mass is 10.00. The van der Waals surface area contributed by atoms with Crippen molar-refractivity contribution in [3.63, 3.8) is 0 Å². The van der Waals surface area contributed by atoms with E-state index in [4.69, 9.17) is 9.47 Å². The molecule has 23 heavy (non-hydrogen) atoms. The third kappa shape index (κ3) is 2.74. The normalized spacial score (nSPS) is 32.8. The summed E-state index contributed by atoms with van der Waals surface area (Å²) in [6, 6.07) is 7.18. The predicted molar refractivity (Wildman–Crippen MR) is 82.5 cm³/mol. The molecule has 1 aromatic carbocycles. The topological polar surface area (TPSA) is 96.3 Å². The minimum atomic E-state index is -3.59. The van der Waals surface area contributed by atoms with E-state index in [1.807, 2.05) is 12.1 Å². The van der Waals surface area contributed by atoms with Crippen LogP contribution in [0, 0.1) is 0 Å². The highest BCUT2D eigenvalue weighted by Crippen LogP contribution is 2.43. The summed E-state index contributed by atoms with van der Waals surface area (Å²) in [5, 5.41) is 18.1. The number of aliphatic hydroxyl groups excluding tert-OH is 2. The highest BCUT2D eigenvalue weighted by Gasteiger charge is 2.62. The van der Waals surface area contributed by atoms with E-state index in [0.29, 0.717) is 5.75 Å². The van der Waals surface area contributed by atoms with Gasteiger partial charge in [-0.2, -0.15) is 4.31 Å². The Morgan fingerprint density at radius 3 is 2.57 bits per heavy atom. The number of rotatable bonds is 5. The molecule has 0 spiro atoms. The highest BCUT2D eigenvalue weighted by molar-refractivity contribution is 7.90. The average Bonchev–Trinajstić information content (AvgIpc) is 3.03. The first kappa shape index (κ1) is 16.7. The zero-order valence-corrected chi connectivity index (χ0v) is 13.7. The third-order valence-corrected chi connectivity index (χ3v) is 6.94. The summed E-state index contributed by atoms with van der Waals surface area (Å²) in [6.07, 6.45) is -0.330. The first-order valence-corrected chi connectivity index (χ1v) is 8.97. The van der Waals surface area contributed by atoms with Crippen molar-refractivity contribution in [2.75, 3.05) is 26.9 Å². The number of ether oxygens (including phenoxy) is 2. The Morgan fingerprint density at radius 2 is 2.04 bits per heavy atom. The van der Waals surface area contributed by atoms with Gasteiger partial charge in [0.25, 0.3) is 0 Å². The fraction of sp³-hybridized carbons (Fsp3) is 0.600. The molecule has 3 atom stereocenters. The van der Waals surface area contributed by atoms with Crippen LogP contribution in [0.2, 0.25) is 0 Å². The van der Waals surface area contributed by atoms with Crippen molar-refractivity contribution in [1.82, 2.24) is 4.31 Å². The van der Waals surface area contributed by atoms with E-state index >= 15 is 0 Å². The minimum Gasteiger partial charge on any atom is -0.497 e. The quantitative estimate of drug-likeness (QED) is 0.763. The zero-order chi connectivity index (χ0) is 16.7. The molecule has 128 valence electrons. The Balaban J connectivity index is 1.82. The van der Waals surface area contributed by atoms with Crippen LogP contribution in [0.1, 0.15) is 12.0 Å². The summed E-state index contributed by atoms with van der Waals surface area (Å²) < 4.78 is 37.6. The van der Waals surface area contributed by atoms with Crippen LogP contribution in [0.15, 0.2) is 24.3 Å². The molecule has 0 unspecified atom stereocenters. The summed E-state index contributed by atoms with van der Waals surface area (Å²) in [6.45, 7) is -0.310. The molecule has 0 radical (unpaired) electrons. The number of benzene rings is 1. The molecule has 2 N–H and O–H groups in total. The highest BCUT2D eigenvalue weighted by atomic mass is 32.2. The second kappa shape index (κ2) is 6.03. The van der Waals surface area contributed by atoms with Crippen LogP contribution in [0.25, 0.3) is 0 Å². The van der Waals surface area contributed by atoms with Crippen LogP contribution in [-0.4, -0.2) is 66.8 Å². The number of hydrogen-bond donors (Lipinski definition) is 2. The number of sulfonamides is 1. The van der Waals surface area contributed by atoms with Crippen LogP contribution in [0.4, 0.5) is 0 Å². The fourth-order valence-corrected chi connectivity index (χ4v) is 5.68. The lowest BCUT2D eigenvalue weighted by Crippen LogP contribution is -2.43. The first-order valence-electron chi connectivity index (χ1n) is 7.46. The van der Waals surface area contributed by atoms with E-state index in [0.717, 1.165) is 5.56 Å². The monoisotopic (exact) mass is 343 g/mol. The van der Waals surface area contributed by atoms with Gasteiger partial charge in [-0.25, -0.2) is 8.42 Å². The lowest BCUT2D eigenvalue weighted by Gasteiger charge is -2.25. The molecule has 1 aromatic rings. The van der Waals surface area contributed by atoms with E-state index in [9.17, 15) is 18.6 Å². The van der Waals surface area contributed by atoms with E-state index in [1.54, 1.807) is 19.2 Å². The first-order chi connectivity index (χ1) is 10.9. The van der Waals surface area contributed by atoms with Crippen molar-refractivity contribution in [2.24, 2.45) is 0 Å². The van der Waals surface area contributed by atoms with Crippen LogP contribution in [0.3, 0.4) is 0 Å². The molecule has 0 bridgehead atoms. The zero-order valence-electron chi connectivity index (χ0n) is 12.9. The number of fused-ring (bicyclic) bond motifs is 1. The minimum absolute atomic E-state index is 0.0963. The summed E-state index contributed by atoms with van der Waals surface area (Å²) in [4.78, 5) is 0. The Kier molecular flexibility index (Phi) is 4.37. The molecular formula is C15H21NO6S. The van der Waals surface area contributed by atoms with Gasteiger partial charge in [-0.1, -0.05) is 12.1 Å². The van der Waals surface area contributed by atoms with Crippen molar-refractivity contribution in [1.29, 1.82) is 0 Å². The standard InChI is InChI=1S/C15H21NO6S/c1-21-12-4-2-11(3-5-12)7-16-9-15(10-18)14(23(16,19)20)6-13(8-17)22-15/h2-5,13-14,17-18H,6-10H2,1H3/t13-,14+,15-/m1/s1. The molecule has 7 nitrogen and oxygen atoms in total. The number of hydrogen-bond acceptors (Lipinski definition) is 6. The molecule has 2 fully saturated rings. The van der Waals surface area contributed by atoms with Crippen LogP contribution in [-0.2, 0) is 21.3 Å². The van der Waals surface area contributed by atoms with Gasteiger partial charge < -0.3 is 19.7 Å². The smallest absolute Gasteiger partial charge is 0.220 e. The van der Waals surface area contributed by atoms with E-state index in [2.05, 4.69) is 0 Å². The van der Waals surface area contributed by atoms with Gasteiger partial charge in [0.05, 0.1) is 26.4 Å². The van der Waals surface area contributed by atoms with Crippen LogP contribution in [0.5, 0.6) is 5.75 Å². The fourth-order valence-electron chi connectivity index (χ4n) is 3.39. The van der Waals surface area contributed by atoms with Gasteiger partial charge in [0.2, 0.25) is 10.0 Å². The van der Waals surface area contributed by atoms with E-state index in [-0.39, 0.29) is 32.7 Å². The van der Waals surface area contributed by atoms with Crippen molar-refractivity contribution in [3.05, 3.63) is 29.8 Å². The van der Waals surface area contributed by atoms with Gasteiger partial charge in [0.15, 0.2) is 0 Å². The van der Waals surface area contributed by atoms with Gasteiger partial charge >= 0.3 is 0 Å². The molecule has 8 heteroatoms. The maximum atomic E-state index is 12.8. The largest absolute Gasteiger partial charge is 0.497 e.